The summed E-state index contributed by atoms with van der Waals surface area (Å²) in [5, 5.41) is 8.43. The Labute approximate surface area is 131 Å². The van der Waals surface area contributed by atoms with E-state index >= 15 is 0 Å². The predicted octanol–water partition coefficient (Wildman–Crippen LogP) is 4.59. The highest BCUT2D eigenvalue weighted by Gasteiger charge is 2.29. The molecule has 0 spiro atoms. The lowest BCUT2D eigenvalue weighted by Crippen LogP contribution is -2.39. The van der Waals surface area contributed by atoms with Crippen LogP contribution in [0.25, 0.3) is 0 Å². The van der Waals surface area contributed by atoms with Crippen molar-refractivity contribution in [1.29, 1.82) is 0 Å². The monoisotopic (exact) mass is 293 g/mol. The van der Waals surface area contributed by atoms with Gasteiger partial charge in [0, 0.05) is 24.8 Å². The normalized spacial score (nSPS) is 14.9. The maximum atomic E-state index is 4.77. The van der Waals surface area contributed by atoms with E-state index in [1.165, 1.54) is 31.4 Å². The minimum Gasteiger partial charge on any atom is -0.314 e. The van der Waals surface area contributed by atoms with E-state index in [0.29, 0.717) is 17.5 Å². The molecule has 0 bridgehead atoms. The largest absolute Gasteiger partial charge is 0.314 e. The van der Waals surface area contributed by atoms with E-state index < -0.39 is 0 Å². The van der Waals surface area contributed by atoms with Crippen LogP contribution in [0.15, 0.2) is 12.3 Å². The quantitative estimate of drug-likeness (QED) is 0.683. The molecule has 1 rings (SSSR count). The molecule has 1 heterocycles. The summed E-state index contributed by atoms with van der Waals surface area (Å²) in [4.78, 5) is 0. The van der Waals surface area contributed by atoms with Crippen LogP contribution in [0.5, 0.6) is 0 Å². The lowest BCUT2D eigenvalue weighted by Gasteiger charge is -2.33. The van der Waals surface area contributed by atoms with E-state index in [1.54, 1.807) is 0 Å². The molecule has 0 radical (unpaired) electrons. The van der Waals surface area contributed by atoms with Gasteiger partial charge in [-0.25, -0.2) is 0 Å². The van der Waals surface area contributed by atoms with Crippen LogP contribution in [0.4, 0.5) is 0 Å². The average Bonchev–Trinajstić information content (AvgIpc) is 2.90. The summed E-state index contributed by atoms with van der Waals surface area (Å²) in [5.74, 6) is 0. The van der Waals surface area contributed by atoms with Crippen molar-refractivity contribution in [1.82, 2.24) is 15.1 Å². The maximum Gasteiger partial charge on any atom is 0.0630 e. The van der Waals surface area contributed by atoms with E-state index in [9.17, 15) is 0 Å². The minimum atomic E-state index is 0.344. The van der Waals surface area contributed by atoms with Gasteiger partial charge in [-0.3, -0.25) is 4.68 Å². The lowest BCUT2D eigenvalue weighted by atomic mass is 9.76. The second-order valence-corrected chi connectivity index (χ2v) is 7.05. The number of nitrogens with zero attached hydrogens (tertiary/aromatic N) is 2. The second-order valence-electron chi connectivity index (χ2n) is 7.05. The Morgan fingerprint density at radius 2 is 1.95 bits per heavy atom. The average molecular weight is 293 g/mol. The third-order valence-corrected chi connectivity index (χ3v) is 4.44. The van der Waals surface area contributed by atoms with Gasteiger partial charge >= 0.3 is 0 Å². The van der Waals surface area contributed by atoms with Crippen molar-refractivity contribution in [3.05, 3.63) is 18.0 Å². The summed E-state index contributed by atoms with van der Waals surface area (Å²) >= 11 is 0. The number of hydrogen-bond acceptors (Lipinski definition) is 2. The van der Waals surface area contributed by atoms with Crippen LogP contribution in [0.2, 0.25) is 0 Å². The van der Waals surface area contributed by atoms with Crippen LogP contribution < -0.4 is 5.32 Å². The Bertz CT molecular complexity index is 395. The lowest BCUT2D eigenvalue weighted by molar-refractivity contribution is 0.220. The zero-order valence-electron chi connectivity index (χ0n) is 14.9. The highest BCUT2D eigenvalue weighted by molar-refractivity contribution is 5.04. The predicted molar refractivity (Wildman–Crippen MR) is 91.7 cm³/mol. The molecule has 0 aromatic carbocycles. The number of nitrogens with one attached hydrogen (secondary N) is 1. The van der Waals surface area contributed by atoms with Gasteiger partial charge in [0.05, 0.1) is 5.69 Å². The highest BCUT2D eigenvalue weighted by atomic mass is 15.3. The topological polar surface area (TPSA) is 29.9 Å². The molecule has 21 heavy (non-hydrogen) atoms. The third-order valence-electron chi connectivity index (χ3n) is 4.44. The zero-order valence-corrected chi connectivity index (χ0v) is 14.9. The number of hydrogen-bond donors (Lipinski definition) is 1. The fraction of sp³-hybridized carbons (Fsp3) is 0.833. The second kappa shape index (κ2) is 8.57. The first-order valence-electron chi connectivity index (χ1n) is 8.70. The summed E-state index contributed by atoms with van der Waals surface area (Å²) in [6.45, 7) is 14.5. The van der Waals surface area contributed by atoms with Gasteiger partial charge in [0.25, 0.3) is 0 Å². The van der Waals surface area contributed by atoms with E-state index in [2.05, 4.69) is 63.8 Å². The van der Waals surface area contributed by atoms with Gasteiger partial charge in [-0.1, -0.05) is 40.5 Å². The fourth-order valence-corrected chi connectivity index (χ4v) is 2.78. The van der Waals surface area contributed by atoms with Crippen molar-refractivity contribution in [3.8, 4) is 0 Å². The molecule has 0 saturated heterocycles. The Morgan fingerprint density at radius 1 is 1.24 bits per heavy atom. The molecule has 1 unspecified atom stereocenters. The van der Waals surface area contributed by atoms with E-state index in [-0.39, 0.29) is 0 Å². The molecule has 1 aromatic rings. The van der Waals surface area contributed by atoms with Crippen LogP contribution in [0.3, 0.4) is 0 Å². The van der Waals surface area contributed by atoms with Crippen molar-refractivity contribution in [2.24, 2.45) is 5.41 Å². The van der Waals surface area contributed by atoms with Gasteiger partial charge in [-0.05, 0) is 44.6 Å². The first-order valence-corrected chi connectivity index (χ1v) is 8.70. The van der Waals surface area contributed by atoms with Crippen LogP contribution in [-0.2, 0) is 6.42 Å². The molecule has 0 fully saturated rings. The van der Waals surface area contributed by atoms with Crippen LogP contribution in [-0.4, -0.2) is 22.4 Å². The van der Waals surface area contributed by atoms with Gasteiger partial charge in [0.2, 0.25) is 0 Å². The van der Waals surface area contributed by atoms with Crippen molar-refractivity contribution in [3.63, 3.8) is 0 Å². The standard InChI is InChI=1S/C18H35N3/c1-7-9-11-18(8-2,14-19-15(3)4)13-17-10-12-21(20-17)16(5)6/h10,12,15-16,19H,7-9,11,13-14H2,1-6H3. The number of rotatable bonds is 10. The molecule has 0 saturated carbocycles. The molecule has 1 aromatic heterocycles. The Kier molecular flexibility index (Phi) is 7.44. The molecular weight excluding hydrogens is 258 g/mol. The third kappa shape index (κ3) is 5.82. The van der Waals surface area contributed by atoms with Gasteiger partial charge in [-0.15, -0.1) is 0 Å². The van der Waals surface area contributed by atoms with Gasteiger partial charge in [0.15, 0.2) is 0 Å². The Balaban J connectivity index is 2.82. The van der Waals surface area contributed by atoms with Gasteiger partial charge in [0.1, 0.15) is 0 Å². The van der Waals surface area contributed by atoms with E-state index in [1.807, 2.05) is 0 Å². The van der Waals surface area contributed by atoms with Crippen molar-refractivity contribution in [2.45, 2.75) is 85.7 Å². The zero-order chi connectivity index (χ0) is 15.9. The smallest absolute Gasteiger partial charge is 0.0630 e. The molecule has 3 heteroatoms. The van der Waals surface area contributed by atoms with Crippen molar-refractivity contribution in [2.75, 3.05) is 6.54 Å². The first kappa shape index (κ1) is 18.2. The summed E-state index contributed by atoms with van der Waals surface area (Å²) < 4.78 is 2.07. The molecule has 1 N–H and O–H groups in total. The summed E-state index contributed by atoms with van der Waals surface area (Å²) in [6, 6.07) is 3.19. The summed E-state index contributed by atoms with van der Waals surface area (Å²) in [5.41, 5.74) is 1.59. The van der Waals surface area contributed by atoms with Gasteiger partial charge in [-0.2, -0.15) is 5.10 Å². The molecular formula is C18H35N3. The van der Waals surface area contributed by atoms with Crippen LogP contribution in [0.1, 0.15) is 79.0 Å². The molecule has 122 valence electrons. The minimum absolute atomic E-state index is 0.344. The molecule has 0 aliphatic rings. The molecule has 3 nitrogen and oxygen atoms in total. The van der Waals surface area contributed by atoms with Crippen LogP contribution >= 0.6 is 0 Å². The Morgan fingerprint density at radius 3 is 2.43 bits per heavy atom. The maximum absolute atomic E-state index is 4.77. The highest BCUT2D eigenvalue weighted by Crippen LogP contribution is 2.32. The van der Waals surface area contributed by atoms with Crippen LogP contribution in [0, 0.1) is 5.41 Å². The van der Waals surface area contributed by atoms with Crippen molar-refractivity contribution < 1.29 is 0 Å². The summed E-state index contributed by atoms with van der Waals surface area (Å²) in [7, 11) is 0. The van der Waals surface area contributed by atoms with E-state index in [4.69, 9.17) is 5.10 Å². The van der Waals surface area contributed by atoms with Gasteiger partial charge < -0.3 is 5.32 Å². The molecule has 0 amide bonds. The number of unbranched alkanes of at least 4 members (excludes halogenated alkanes) is 1. The SMILES string of the molecule is CCCCC(CC)(CNC(C)C)Cc1ccn(C(C)C)n1. The van der Waals surface area contributed by atoms with E-state index in [0.717, 1.165) is 13.0 Å². The van der Waals surface area contributed by atoms with Crippen molar-refractivity contribution >= 4 is 0 Å². The first-order chi connectivity index (χ1) is 9.92. The Hall–Kier alpha value is -0.830. The molecule has 0 aliphatic carbocycles. The molecule has 1 atom stereocenters. The number of aromatic nitrogens is 2. The molecule has 0 aliphatic heterocycles. The summed E-state index contributed by atoms with van der Waals surface area (Å²) in [6.07, 6.45) is 8.27. The fourth-order valence-electron chi connectivity index (χ4n) is 2.78.